The van der Waals surface area contributed by atoms with Gasteiger partial charge in [-0.1, -0.05) is 115 Å². The topological polar surface area (TPSA) is 4.93 Å². The van der Waals surface area contributed by atoms with E-state index in [9.17, 15) is 0 Å². The Morgan fingerprint density at radius 1 is 0.422 bits per heavy atom. The van der Waals surface area contributed by atoms with E-state index in [1.165, 1.54) is 90.1 Å². The van der Waals surface area contributed by atoms with E-state index in [1.54, 1.807) is 0 Å². The van der Waals surface area contributed by atoms with Gasteiger partial charge in [0.2, 0.25) is 0 Å². The van der Waals surface area contributed by atoms with Crippen LogP contribution < -0.4 is 0 Å². The van der Waals surface area contributed by atoms with Crippen molar-refractivity contribution in [3.05, 3.63) is 152 Å². The summed E-state index contributed by atoms with van der Waals surface area (Å²) in [5.74, 6) is 0. The van der Waals surface area contributed by atoms with Crippen molar-refractivity contribution in [3.8, 4) is 27.9 Å². The van der Waals surface area contributed by atoms with Crippen LogP contribution in [0.5, 0.6) is 0 Å². The Morgan fingerprint density at radius 3 is 2.04 bits per heavy atom. The summed E-state index contributed by atoms with van der Waals surface area (Å²) in [4.78, 5) is 0. The molecule has 0 N–H and O–H groups in total. The van der Waals surface area contributed by atoms with Gasteiger partial charge in [0.25, 0.3) is 0 Å². The molecule has 0 amide bonds. The molecule has 10 rings (SSSR count). The second kappa shape index (κ2) is 9.64. The molecule has 210 valence electrons. The Hall–Kier alpha value is -5.22. The number of thiophene rings is 2. The van der Waals surface area contributed by atoms with Crippen LogP contribution in [0.15, 0.2) is 152 Å². The van der Waals surface area contributed by atoms with Gasteiger partial charge in [-0.3, -0.25) is 0 Å². The zero-order chi connectivity index (χ0) is 29.5. The molecule has 0 aliphatic heterocycles. The molecule has 0 unspecified atom stereocenters. The predicted octanol–water partition coefficient (Wildman–Crippen LogP) is 12.9. The first-order valence-electron chi connectivity index (χ1n) is 15.3. The Labute approximate surface area is 267 Å². The molecule has 0 saturated carbocycles. The SMILES string of the molecule is c1ccc(-n2c3ccccc3c3sc4cccc(-c5ccc(-c6ccc7c(c6)sc6ccc8ccccc8c67)cc5)c4c32)cc1. The van der Waals surface area contributed by atoms with E-state index in [0.717, 1.165) is 0 Å². The Balaban J connectivity index is 1.12. The highest BCUT2D eigenvalue weighted by molar-refractivity contribution is 7.27. The maximum absolute atomic E-state index is 2.45. The highest BCUT2D eigenvalue weighted by atomic mass is 32.1. The van der Waals surface area contributed by atoms with Crippen LogP contribution in [-0.4, -0.2) is 4.57 Å². The number of hydrogen-bond acceptors (Lipinski definition) is 2. The standard InChI is InChI=1S/C42H25NS2/c1-2-10-30(11-3-1)43-35-15-7-6-13-33(35)42-41(43)40-32(14-8-16-36(40)45-42)28-19-17-26(18-20-28)29-21-23-34-38(25-29)44-37-24-22-27-9-4-5-12-31(27)39(34)37/h1-25H. The molecule has 0 aliphatic carbocycles. The highest BCUT2D eigenvalue weighted by Crippen LogP contribution is 2.46. The van der Waals surface area contributed by atoms with Crippen molar-refractivity contribution in [3.63, 3.8) is 0 Å². The molecule has 0 bridgehead atoms. The van der Waals surface area contributed by atoms with Crippen molar-refractivity contribution >= 4 is 84.8 Å². The van der Waals surface area contributed by atoms with Gasteiger partial charge >= 0.3 is 0 Å². The van der Waals surface area contributed by atoms with Crippen molar-refractivity contribution in [1.82, 2.24) is 4.57 Å². The van der Waals surface area contributed by atoms with E-state index in [2.05, 4.69) is 156 Å². The van der Waals surface area contributed by atoms with Crippen molar-refractivity contribution in [2.24, 2.45) is 0 Å². The summed E-state index contributed by atoms with van der Waals surface area (Å²) >= 11 is 3.79. The highest BCUT2D eigenvalue weighted by Gasteiger charge is 2.20. The van der Waals surface area contributed by atoms with Crippen LogP contribution in [-0.2, 0) is 0 Å². The summed E-state index contributed by atoms with van der Waals surface area (Å²) in [7, 11) is 0. The first kappa shape index (κ1) is 25.1. The average molecular weight is 608 g/mol. The van der Waals surface area contributed by atoms with E-state index >= 15 is 0 Å². The van der Waals surface area contributed by atoms with Gasteiger partial charge < -0.3 is 4.57 Å². The van der Waals surface area contributed by atoms with Crippen LogP contribution >= 0.6 is 22.7 Å². The molecule has 3 heterocycles. The molecule has 0 spiro atoms. The zero-order valence-electron chi connectivity index (χ0n) is 24.2. The molecule has 0 radical (unpaired) electrons. The van der Waals surface area contributed by atoms with Gasteiger partial charge in [-0.25, -0.2) is 0 Å². The maximum atomic E-state index is 2.45. The Morgan fingerprint density at radius 2 is 1.16 bits per heavy atom. The monoisotopic (exact) mass is 607 g/mol. The van der Waals surface area contributed by atoms with Gasteiger partial charge in [0, 0.05) is 41.3 Å². The molecule has 3 heteroatoms. The van der Waals surface area contributed by atoms with E-state index < -0.39 is 0 Å². The van der Waals surface area contributed by atoms with Gasteiger partial charge in [0.15, 0.2) is 0 Å². The lowest BCUT2D eigenvalue weighted by Gasteiger charge is -2.11. The normalized spacial score (nSPS) is 12.0. The van der Waals surface area contributed by atoms with Crippen LogP contribution in [0.1, 0.15) is 0 Å². The van der Waals surface area contributed by atoms with Gasteiger partial charge in [-0.15, -0.1) is 22.7 Å². The number of hydrogen-bond donors (Lipinski definition) is 0. The summed E-state index contributed by atoms with van der Waals surface area (Å²) in [6.07, 6.45) is 0. The molecule has 45 heavy (non-hydrogen) atoms. The minimum absolute atomic E-state index is 1.19. The third kappa shape index (κ3) is 3.72. The molecule has 0 saturated heterocycles. The Bertz CT molecular complexity index is 2740. The molecule has 0 atom stereocenters. The number of aromatic nitrogens is 1. The van der Waals surface area contributed by atoms with Crippen molar-refractivity contribution in [2.45, 2.75) is 0 Å². The average Bonchev–Trinajstić information content (AvgIpc) is 3.77. The lowest BCUT2D eigenvalue weighted by Crippen LogP contribution is -1.93. The summed E-state index contributed by atoms with van der Waals surface area (Å²) in [6, 6.07) is 55.7. The van der Waals surface area contributed by atoms with Gasteiger partial charge in [0.1, 0.15) is 0 Å². The summed E-state index contributed by atoms with van der Waals surface area (Å²) in [5.41, 5.74) is 8.75. The molecule has 0 aliphatic rings. The van der Waals surface area contributed by atoms with Crippen molar-refractivity contribution in [1.29, 1.82) is 0 Å². The zero-order valence-corrected chi connectivity index (χ0v) is 25.8. The second-order valence-electron chi connectivity index (χ2n) is 11.7. The lowest BCUT2D eigenvalue weighted by atomic mass is 9.97. The van der Waals surface area contributed by atoms with Gasteiger partial charge in [0.05, 0.1) is 15.7 Å². The molecule has 3 aromatic heterocycles. The number of benzene rings is 7. The fourth-order valence-electron chi connectivity index (χ4n) is 7.16. The molecular formula is C42H25NS2. The minimum Gasteiger partial charge on any atom is -0.308 e. The van der Waals surface area contributed by atoms with E-state index in [0.29, 0.717) is 0 Å². The molecule has 0 fully saturated rings. The third-order valence-corrected chi connectivity index (χ3v) is 11.5. The fraction of sp³-hybridized carbons (Fsp3) is 0. The van der Waals surface area contributed by atoms with E-state index in [-0.39, 0.29) is 0 Å². The van der Waals surface area contributed by atoms with E-state index in [1.807, 2.05) is 22.7 Å². The smallest absolute Gasteiger partial charge is 0.0734 e. The lowest BCUT2D eigenvalue weighted by molar-refractivity contribution is 1.19. The van der Waals surface area contributed by atoms with Gasteiger partial charge in [-0.05, 0) is 69.4 Å². The first-order chi connectivity index (χ1) is 22.3. The van der Waals surface area contributed by atoms with Crippen LogP contribution in [0.3, 0.4) is 0 Å². The van der Waals surface area contributed by atoms with Crippen molar-refractivity contribution < 1.29 is 0 Å². The molecule has 7 aromatic carbocycles. The molecule has 1 nitrogen and oxygen atoms in total. The summed E-state index contributed by atoms with van der Waals surface area (Å²) in [6.45, 7) is 0. The number of fused-ring (bicyclic) bond motifs is 10. The van der Waals surface area contributed by atoms with Crippen molar-refractivity contribution in [2.75, 3.05) is 0 Å². The largest absolute Gasteiger partial charge is 0.308 e. The second-order valence-corrected chi connectivity index (χ2v) is 13.8. The number of para-hydroxylation sites is 2. The van der Waals surface area contributed by atoms with Gasteiger partial charge in [-0.2, -0.15) is 0 Å². The van der Waals surface area contributed by atoms with Crippen LogP contribution in [0.4, 0.5) is 0 Å². The third-order valence-electron chi connectivity index (χ3n) is 9.21. The molecular weight excluding hydrogens is 583 g/mol. The Kier molecular flexibility index (Phi) is 5.39. The number of rotatable bonds is 3. The molecule has 10 aromatic rings. The predicted molar refractivity (Wildman–Crippen MR) is 197 cm³/mol. The van der Waals surface area contributed by atoms with E-state index in [4.69, 9.17) is 0 Å². The summed E-state index contributed by atoms with van der Waals surface area (Å²) < 4.78 is 7.80. The summed E-state index contributed by atoms with van der Waals surface area (Å²) in [5, 5.41) is 7.98. The quantitative estimate of drug-likeness (QED) is 0.188. The van der Waals surface area contributed by atoms with Crippen LogP contribution in [0.2, 0.25) is 0 Å². The first-order valence-corrected chi connectivity index (χ1v) is 16.9. The van der Waals surface area contributed by atoms with Crippen LogP contribution in [0, 0.1) is 0 Å². The fourth-order valence-corrected chi connectivity index (χ4v) is 9.57. The number of nitrogens with zero attached hydrogens (tertiary/aromatic N) is 1. The minimum atomic E-state index is 1.19. The van der Waals surface area contributed by atoms with Crippen LogP contribution in [0.25, 0.3) is 90.1 Å². The maximum Gasteiger partial charge on any atom is 0.0734 e.